The maximum absolute atomic E-state index is 4.58. The summed E-state index contributed by atoms with van der Waals surface area (Å²) in [6, 6.07) is 2.67. The molecule has 0 bridgehead atoms. The fraction of sp³-hybridized carbons (Fsp3) is 0.714. The number of hydrogen-bond acceptors (Lipinski definition) is 4. The number of nitrogens with one attached hydrogen (secondary N) is 1. The van der Waals surface area contributed by atoms with Crippen LogP contribution in [0.1, 0.15) is 44.1 Å². The molecule has 0 saturated carbocycles. The molecule has 4 heteroatoms. The highest BCUT2D eigenvalue weighted by Gasteiger charge is 2.20. The van der Waals surface area contributed by atoms with Crippen LogP contribution < -0.4 is 5.32 Å². The molecule has 2 heterocycles. The molecule has 0 aliphatic carbocycles. The number of aryl methyl sites for hydroxylation is 1. The van der Waals surface area contributed by atoms with Crippen LogP contribution in [0.25, 0.3) is 0 Å². The second-order valence-corrected chi connectivity index (χ2v) is 5.57. The van der Waals surface area contributed by atoms with Crippen molar-refractivity contribution in [1.29, 1.82) is 0 Å². The highest BCUT2D eigenvalue weighted by molar-refractivity contribution is 5.36. The molecule has 100 valence electrons. The first-order valence-corrected chi connectivity index (χ1v) is 6.86. The second kappa shape index (κ2) is 5.65. The van der Waals surface area contributed by atoms with Crippen molar-refractivity contribution in [3.05, 3.63) is 17.6 Å². The molecule has 1 N–H and O–H groups in total. The summed E-state index contributed by atoms with van der Waals surface area (Å²) in [6.45, 7) is 8.48. The van der Waals surface area contributed by atoms with E-state index < -0.39 is 0 Å². The minimum absolute atomic E-state index is 0.375. The Morgan fingerprint density at radius 1 is 1.44 bits per heavy atom. The molecule has 0 radical (unpaired) electrons. The minimum atomic E-state index is 0.375. The van der Waals surface area contributed by atoms with Gasteiger partial charge in [0.05, 0.1) is 0 Å². The molecule has 1 unspecified atom stereocenters. The van der Waals surface area contributed by atoms with Crippen LogP contribution in [0.5, 0.6) is 0 Å². The zero-order valence-corrected chi connectivity index (χ0v) is 11.9. The molecule has 1 aromatic rings. The third-order valence-electron chi connectivity index (χ3n) is 3.58. The van der Waals surface area contributed by atoms with Crippen molar-refractivity contribution >= 4 is 5.82 Å². The molecule has 2 rings (SSSR count). The molecule has 0 amide bonds. The molecule has 1 aromatic heterocycles. The lowest BCUT2D eigenvalue weighted by molar-refractivity contribution is 0.322. The van der Waals surface area contributed by atoms with Crippen LogP contribution in [-0.4, -0.2) is 41.0 Å². The quantitative estimate of drug-likeness (QED) is 0.888. The van der Waals surface area contributed by atoms with E-state index in [1.165, 1.54) is 19.4 Å². The van der Waals surface area contributed by atoms with Crippen LogP contribution in [0.2, 0.25) is 0 Å². The van der Waals surface area contributed by atoms with Crippen molar-refractivity contribution in [3.63, 3.8) is 0 Å². The minimum Gasteiger partial charge on any atom is -0.368 e. The average molecular weight is 248 g/mol. The summed E-state index contributed by atoms with van der Waals surface area (Å²) in [5.41, 5.74) is 1.04. The van der Waals surface area contributed by atoms with E-state index in [4.69, 9.17) is 0 Å². The molecule has 1 aliphatic rings. The monoisotopic (exact) mass is 248 g/mol. The van der Waals surface area contributed by atoms with E-state index >= 15 is 0 Å². The second-order valence-electron chi connectivity index (χ2n) is 5.57. The van der Waals surface area contributed by atoms with E-state index in [-0.39, 0.29) is 0 Å². The van der Waals surface area contributed by atoms with Gasteiger partial charge in [0.15, 0.2) is 0 Å². The van der Waals surface area contributed by atoms with Gasteiger partial charge in [-0.1, -0.05) is 13.8 Å². The normalized spacial score (nSPS) is 20.6. The van der Waals surface area contributed by atoms with Crippen LogP contribution in [0.3, 0.4) is 0 Å². The fourth-order valence-corrected chi connectivity index (χ4v) is 2.40. The van der Waals surface area contributed by atoms with Crippen LogP contribution in [0.4, 0.5) is 5.82 Å². The first-order chi connectivity index (χ1) is 8.56. The highest BCUT2D eigenvalue weighted by Crippen LogP contribution is 2.17. The summed E-state index contributed by atoms with van der Waals surface area (Å²) in [6.07, 6.45) is 2.59. The van der Waals surface area contributed by atoms with E-state index in [0.29, 0.717) is 12.0 Å². The zero-order chi connectivity index (χ0) is 13.1. The van der Waals surface area contributed by atoms with Gasteiger partial charge in [0.1, 0.15) is 11.6 Å². The Morgan fingerprint density at radius 2 is 2.22 bits per heavy atom. The maximum Gasteiger partial charge on any atom is 0.133 e. The van der Waals surface area contributed by atoms with Gasteiger partial charge >= 0.3 is 0 Å². The standard InChI is InChI=1S/C14H24N4/c1-10(2)14-16-11(3)8-13(17-14)15-9-12-6-5-7-18(12)4/h8,10,12H,5-7,9H2,1-4H3,(H,15,16,17). The largest absolute Gasteiger partial charge is 0.368 e. The predicted octanol–water partition coefficient (Wildman–Crippen LogP) is 2.41. The lowest BCUT2D eigenvalue weighted by atomic mass is 10.2. The SMILES string of the molecule is Cc1cc(NCC2CCCN2C)nc(C(C)C)n1. The smallest absolute Gasteiger partial charge is 0.133 e. The van der Waals surface area contributed by atoms with Gasteiger partial charge in [-0.05, 0) is 33.4 Å². The molecule has 1 saturated heterocycles. The van der Waals surface area contributed by atoms with Gasteiger partial charge in [0, 0.05) is 30.3 Å². The third-order valence-corrected chi connectivity index (χ3v) is 3.58. The van der Waals surface area contributed by atoms with E-state index in [9.17, 15) is 0 Å². The topological polar surface area (TPSA) is 41.0 Å². The van der Waals surface area contributed by atoms with Crippen LogP contribution in [0.15, 0.2) is 6.07 Å². The number of aromatic nitrogens is 2. The molecular weight excluding hydrogens is 224 g/mol. The molecule has 1 atom stereocenters. The number of likely N-dealkylation sites (tertiary alicyclic amines) is 1. The summed E-state index contributed by atoms with van der Waals surface area (Å²) < 4.78 is 0. The predicted molar refractivity (Wildman–Crippen MR) is 75.0 cm³/mol. The Hall–Kier alpha value is -1.16. The van der Waals surface area contributed by atoms with Crippen molar-refractivity contribution in [2.24, 2.45) is 0 Å². The molecule has 1 aliphatic heterocycles. The number of hydrogen-bond donors (Lipinski definition) is 1. The molecule has 18 heavy (non-hydrogen) atoms. The van der Waals surface area contributed by atoms with Gasteiger partial charge in [-0.25, -0.2) is 9.97 Å². The first-order valence-electron chi connectivity index (χ1n) is 6.86. The maximum atomic E-state index is 4.58. The van der Waals surface area contributed by atoms with E-state index in [2.05, 4.69) is 41.1 Å². The van der Waals surface area contributed by atoms with Crippen LogP contribution >= 0.6 is 0 Å². The summed E-state index contributed by atoms with van der Waals surface area (Å²) in [5.74, 6) is 2.27. The molecule has 4 nitrogen and oxygen atoms in total. The van der Waals surface area contributed by atoms with Gasteiger partial charge in [0.25, 0.3) is 0 Å². The highest BCUT2D eigenvalue weighted by atomic mass is 15.2. The number of nitrogens with zero attached hydrogens (tertiary/aromatic N) is 3. The van der Waals surface area contributed by atoms with Crippen molar-refractivity contribution in [2.45, 2.75) is 45.6 Å². The first kappa shape index (κ1) is 13.3. The molecule has 0 spiro atoms. The fourth-order valence-electron chi connectivity index (χ4n) is 2.40. The zero-order valence-electron chi connectivity index (χ0n) is 11.9. The Balaban J connectivity index is 2.00. The summed E-state index contributed by atoms with van der Waals surface area (Å²) >= 11 is 0. The molecule has 1 fully saturated rings. The lowest BCUT2D eigenvalue weighted by Crippen LogP contribution is -2.31. The number of likely N-dealkylation sites (N-methyl/N-ethyl adjacent to an activating group) is 1. The third kappa shape index (κ3) is 3.19. The summed E-state index contributed by atoms with van der Waals surface area (Å²) in [5, 5.41) is 3.46. The van der Waals surface area contributed by atoms with E-state index in [0.717, 1.165) is 23.9 Å². The van der Waals surface area contributed by atoms with Crippen LogP contribution in [0, 0.1) is 6.92 Å². The van der Waals surface area contributed by atoms with Gasteiger partial charge in [-0.3, -0.25) is 0 Å². The van der Waals surface area contributed by atoms with Crippen molar-refractivity contribution < 1.29 is 0 Å². The summed E-state index contributed by atoms with van der Waals surface area (Å²) in [7, 11) is 2.20. The van der Waals surface area contributed by atoms with Gasteiger partial charge < -0.3 is 10.2 Å². The van der Waals surface area contributed by atoms with Gasteiger partial charge in [0.2, 0.25) is 0 Å². The summed E-state index contributed by atoms with van der Waals surface area (Å²) in [4.78, 5) is 11.5. The van der Waals surface area contributed by atoms with Crippen LogP contribution in [-0.2, 0) is 0 Å². The van der Waals surface area contributed by atoms with Crippen molar-refractivity contribution in [1.82, 2.24) is 14.9 Å². The van der Waals surface area contributed by atoms with Gasteiger partial charge in [-0.15, -0.1) is 0 Å². The average Bonchev–Trinajstić information content (AvgIpc) is 2.71. The molecule has 0 aromatic carbocycles. The Labute approximate surface area is 110 Å². The van der Waals surface area contributed by atoms with Crippen molar-refractivity contribution in [3.8, 4) is 0 Å². The number of anilines is 1. The van der Waals surface area contributed by atoms with Gasteiger partial charge in [-0.2, -0.15) is 0 Å². The van der Waals surface area contributed by atoms with Crippen molar-refractivity contribution in [2.75, 3.05) is 25.5 Å². The Bertz CT molecular complexity index is 403. The van der Waals surface area contributed by atoms with E-state index in [1.807, 2.05) is 13.0 Å². The molecular formula is C14H24N4. The Morgan fingerprint density at radius 3 is 2.83 bits per heavy atom. The Kier molecular flexibility index (Phi) is 4.17. The number of rotatable bonds is 4. The van der Waals surface area contributed by atoms with E-state index in [1.54, 1.807) is 0 Å². The lowest BCUT2D eigenvalue weighted by Gasteiger charge is -2.20.